The van der Waals surface area contributed by atoms with Crippen molar-refractivity contribution in [2.75, 3.05) is 34.3 Å². The summed E-state index contributed by atoms with van der Waals surface area (Å²) in [5, 5.41) is 0. The maximum Gasteiger partial charge on any atom is 0.257 e. The van der Waals surface area contributed by atoms with Gasteiger partial charge in [0, 0.05) is 26.2 Å². The summed E-state index contributed by atoms with van der Waals surface area (Å²) in [6, 6.07) is 2.22. The zero-order chi connectivity index (χ0) is 14.9. The lowest BCUT2D eigenvalue weighted by atomic mass is 10.1. The molecule has 1 aromatic rings. The average Bonchev–Trinajstić information content (AvgIpc) is 2.92. The van der Waals surface area contributed by atoms with Crippen LogP contribution in [0.1, 0.15) is 28.8 Å². The van der Waals surface area contributed by atoms with Crippen molar-refractivity contribution in [2.45, 2.75) is 26.5 Å². The molecule has 0 unspecified atom stereocenters. The van der Waals surface area contributed by atoms with E-state index in [0.717, 1.165) is 13.1 Å². The molecule has 0 radical (unpaired) electrons. The fourth-order valence-electron chi connectivity index (χ4n) is 2.93. The molecule has 0 saturated carbocycles. The van der Waals surface area contributed by atoms with Gasteiger partial charge in [-0.3, -0.25) is 4.79 Å². The van der Waals surface area contributed by atoms with Gasteiger partial charge in [-0.05, 0) is 33.0 Å². The molecule has 2 rings (SSSR count). The van der Waals surface area contributed by atoms with E-state index < -0.39 is 0 Å². The lowest BCUT2D eigenvalue weighted by molar-refractivity contribution is 0.0779. The van der Waals surface area contributed by atoms with Crippen molar-refractivity contribution in [1.82, 2.24) is 9.80 Å². The summed E-state index contributed by atoms with van der Waals surface area (Å²) in [7, 11) is 5.74. The van der Waals surface area contributed by atoms with E-state index in [9.17, 15) is 4.79 Å². The molecule has 1 saturated heterocycles. The maximum absolute atomic E-state index is 12.6. The Morgan fingerprint density at radius 3 is 2.75 bits per heavy atom. The van der Waals surface area contributed by atoms with Crippen molar-refractivity contribution in [3.63, 3.8) is 0 Å². The number of hydrogen-bond donors (Lipinski definition) is 0. The molecular weight excluding hydrogens is 256 g/mol. The summed E-state index contributed by atoms with van der Waals surface area (Å²) in [5.41, 5.74) is 0.656. The summed E-state index contributed by atoms with van der Waals surface area (Å²) in [6.45, 7) is 5.99. The van der Waals surface area contributed by atoms with Gasteiger partial charge in [-0.2, -0.15) is 0 Å². The minimum Gasteiger partial charge on any atom is -0.463 e. The smallest absolute Gasteiger partial charge is 0.257 e. The molecule has 112 valence electrons. The summed E-state index contributed by atoms with van der Waals surface area (Å²) in [4.78, 5) is 16.7. The SMILES string of the molecule is COCc1cc(C(=O)N2C[C@@H](N(C)C)[C@@H](C)C2)c(C)o1. The summed E-state index contributed by atoms with van der Waals surface area (Å²) < 4.78 is 10.6. The first kappa shape index (κ1) is 15.1. The molecule has 1 aliphatic rings. The number of furan rings is 1. The number of ether oxygens (including phenoxy) is 1. The topological polar surface area (TPSA) is 45.9 Å². The van der Waals surface area contributed by atoms with Crippen LogP contribution in [-0.2, 0) is 11.3 Å². The third-order valence-electron chi connectivity index (χ3n) is 4.01. The molecule has 1 fully saturated rings. The van der Waals surface area contributed by atoms with E-state index in [1.165, 1.54) is 0 Å². The van der Waals surface area contributed by atoms with E-state index >= 15 is 0 Å². The Kier molecular flexibility index (Phi) is 4.50. The highest BCUT2D eigenvalue weighted by atomic mass is 16.5. The number of amides is 1. The van der Waals surface area contributed by atoms with Crippen LogP contribution >= 0.6 is 0 Å². The second-order valence-electron chi connectivity index (χ2n) is 5.83. The molecule has 0 aromatic carbocycles. The minimum absolute atomic E-state index is 0.0600. The van der Waals surface area contributed by atoms with E-state index in [0.29, 0.717) is 35.7 Å². The van der Waals surface area contributed by atoms with Gasteiger partial charge in [0.2, 0.25) is 0 Å². The van der Waals surface area contributed by atoms with Crippen LogP contribution in [0.4, 0.5) is 0 Å². The van der Waals surface area contributed by atoms with Gasteiger partial charge in [-0.1, -0.05) is 6.92 Å². The number of likely N-dealkylation sites (tertiary alicyclic amines) is 1. The van der Waals surface area contributed by atoms with Gasteiger partial charge in [0.15, 0.2) is 0 Å². The predicted molar refractivity (Wildman–Crippen MR) is 76.7 cm³/mol. The quantitative estimate of drug-likeness (QED) is 0.843. The second-order valence-corrected chi connectivity index (χ2v) is 5.83. The molecule has 2 heterocycles. The van der Waals surface area contributed by atoms with Crippen molar-refractivity contribution in [3.05, 3.63) is 23.2 Å². The van der Waals surface area contributed by atoms with Gasteiger partial charge in [-0.25, -0.2) is 0 Å². The maximum atomic E-state index is 12.6. The summed E-state index contributed by atoms with van der Waals surface area (Å²) in [6.07, 6.45) is 0. The van der Waals surface area contributed by atoms with Gasteiger partial charge in [0.1, 0.15) is 18.1 Å². The Labute approximate surface area is 120 Å². The van der Waals surface area contributed by atoms with Crippen molar-refractivity contribution >= 4 is 5.91 Å². The third kappa shape index (κ3) is 2.88. The number of aryl methyl sites for hydroxylation is 1. The number of carbonyl (C=O) groups excluding carboxylic acids is 1. The molecular formula is C15H24N2O3. The first-order valence-corrected chi connectivity index (χ1v) is 6.98. The van der Waals surface area contributed by atoms with Crippen LogP contribution in [0, 0.1) is 12.8 Å². The number of methoxy groups -OCH3 is 1. The Balaban J connectivity index is 2.12. The molecule has 1 aromatic heterocycles. The van der Waals surface area contributed by atoms with Gasteiger partial charge in [-0.15, -0.1) is 0 Å². The zero-order valence-electron chi connectivity index (χ0n) is 13.0. The van der Waals surface area contributed by atoms with Crippen LogP contribution < -0.4 is 0 Å². The molecule has 20 heavy (non-hydrogen) atoms. The first-order valence-electron chi connectivity index (χ1n) is 6.98. The fraction of sp³-hybridized carbons (Fsp3) is 0.667. The van der Waals surface area contributed by atoms with Gasteiger partial charge < -0.3 is 19.0 Å². The Hall–Kier alpha value is -1.33. The molecule has 5 heteroatoms. The third-order valence-corrected chi connectivity index (χ3v) is 4.01. The van der Waals surface area contributed by atoms with E-state index in [2.05, 4.69) is 25.9 Å². The number of hydrogen-bond acceptors (Lipinski definition) is 4. The largest absolute Gasteiger partial charge is 0.463 e. The van der Waals surface area contributed by atoms with E-state index in [-0.39, 0.29) is 5.91 Å². The normalized spacial score (nSPS) is 22.8. The zero-order valence-corrected chi connectivity index (χ0v) is 13.0. The van der Waals surface area contributed by atoms with Crippen LogP contribution in [0.5, 0.6) is 0 Å². The lowest BCUT2D eigenvalue weighted by Gasteiger charge is -2.22. The highest BCUT2D eigenvalue weighted by Gasteiger charge is 2.35. The van der Waals surface area contributed by atoms with Crippen molar-refractivity contribution in [3.8, 4) is 0 Å². The molecule has 0 N–H and O–H groups in total. The lowest BCUT2D eigenvalue weighted by Crippen LogP contribution is -2.35. The Bertz CT molecular complexity index is 481. The second kappa shape index (κ2) is 5.97. The van der Waals surface area contributed by atoms with E-state index in [1.807, 2.05) is 11.8 Å². The van der Waals surface area contributed by atoms with Gasteiger partial charge in [0.05, 0.1) is 5.56 Å². The van der Waals surface area contributed by atoms with Crippen molar-refractivity contribution in [2.24, 2.45) is 5.92 Å². The fourth-order valence-corrected chi connectivity index (χ4v) is 2.93. The predicted octanol–water partition coefficient (Wildman–Crippen LogP) is 1.76. The van der Waals surface area contributed by atoms with E-state index in [1.54, 1.807) is 13.2 Å². The Morgan fingerprint density at radius 2 is 2.20 bits per heavy atom. The van der Waals surface area contributed by atoms with Crippen LogP contribution in [-0.4, -0.2) is 56.0 Å². The highest BCUT2D eigenvalue weighted by Crippen LogP contribution is 2.24. The number of carbonyl (C=O) groups is 1. The van der Waals surface area contributed by atoms with Crippen LogP contribution in [0.15, 0.2) is 10.5 Å². The van der Waals surface area contributed by atoms with Crippen LogP contribution in [0.3, 0.4) is 0 Å². The van der Waals surface area contributed by atoms with Crippen molar-refractivity contribution in [1.29, 1.82) is 0 Å². The molecule has 2 atom stereocenters. The van der Waals surface area contributed by atoms with Gasteiger partial charge in [0.25, 0.3) is 5.91 Å². The number of nitrogens with zero attached hydrogens (tertiary/aromatic N) is 2. The summed E-state index contributed by atoms with van der Waals surface area (Å²) in [5.74, 6) is 1.91. The molecule has 1 aliphatic heterocycles. The van der Waals surface area contributed by atoms with Crippen LogP contribution in [0.2, 0.25) is 0 Å². The number of likely N-dealkylation sites (N-methyl/N-ethyl adjacent to an activating group) is 1. The molecule has 5 nitrogen and oxygen atoms in total. The average molecular weight is 280 g/mol. The first-order chi connectivity index (χ1) is 9.43. The molecule has 0 bridgehead atoms. The van der Waals surface area contributed by atoms with Crippen LogP contribution in [0.25, 0.3) is 0 Å². The number of rotatable bonds is 4. The minimum atomic E-state index is 0.0600. The Morgan fingerprint density at radius 1 is 1.50 bits per heavy atom. The van der Waals surface area contributed by atoms with E-state index in [4.69, 9.17) is 9.15 Å². The van der Waals surface area contributed by atoms with Gasteiger partial charge >= 0.3 is 0 Å². The highest BCUT2D eigenvalue weighted by molar-refractivity contribution is 5.95. The standard InChI is InChI=1S/C15H24N2O3/c1-10-7-17(8-14(10)16(3)4)15(18)13-6-12(9-19-5)20-11(13)2/h6,10,14H,7-9H2,1-5H3/t10-,14+/m0/s1. The van der Waals surface area contributed by atoms with Crippen molar-refractivity contribution < 1.29 is 13.9 Å². The monoisotopic (exact) mass is 280 g/mol. The summed E-state index contributed by atoms with van der Waals surface area (Å²) >= 11 is 0. The molecule has 0 spiro atoms. The molecule has 0 aliphatic carbocycles. The molecule has 1 amide bonds.